The van der Waals surface area contributed by atoms with Gasteiger partial charge >= 0.3 is 0 Å². The van der Waals surface area contributed by atoms with Crippen molar-refractivity contribution in [1.29, 1.82) is 0 Å². The number of nitrogens with one attached hydrogen (secondary N) is 1. The Kier molecular flexibility index (Phi) is 4.17. The molecule has 1 N–H and O–H groups in total. The summed E-state index contributed by atoms with van der Waals surface area (Å²) in [5.41, 5.74) is 1.24. The van der Waals surface area contributed by atoms with Gasteiger partial charge in [-0.3, -0.25) is 0 Å². The second-order valence-electron chi connectivity index (χ2n) is 3.84. The molecule has 0 unspecified atom stereocenters. The van der Waals surface area contributed by atoms with Crippen LogP contribution in [0.1, 0.15) is 12.5 Å². The van der Waals surface area contributed by atoms with Gasteiger partial charge in [0.05, 0.1) is 0 Å². The van der Waals surface area contributed by atoms with E-state index in [1.807, 2.05) is 42.5 Å². The highest BCUT2D eigenvalue weighted by Gasteiger charge is 1.98. The van der Waals surface area contributed by atoms with E-state index in [2.05, 4.69) is 24.4 Å². The maximum atomic E-state index is 5.77. The topological polar surface area (TPSA) is 21.3 Å². The van der Waals surface area contributed by atoms with Gasteiger partial charge in [0, 0.05) is 6.54 Å². The molecule has 2 aromatic rings. The summed E-state index contributed by atoms with van der Waals surface area (Å²) in [6.07, 6.45) is 0. The molecule has 88 valence electrons. The monoisotopic (exact) mass is 227 g/mol. The number of hydrogen-bond donors (Lipinski definition) is 1. The molecule has 0 heterocycles. The summed E-state index contributed by atoms with van der Waals surface area (Å²) < 4.78 is 5.77. The quantitative estimate of drug-likeness (QED) is 0.842. The smallest absolute Gasteiger partial charge is 0.127 e. The number of hydrogen-bond acceptors (Lipinski definition) is 2. The van der Waals surface area contributed by atoms with E-state index in [1.165, 1.54) is 5.56 Å². The van der Waals surface area contributed by atoms with Crippen LogP contribution in [0.3, 0.4) is 0 Å². The van der Waals surface area contributed by atoms with Crippen LogP contribution < -0.4 is 10.1 Å². The van der Waals surface area contributed by atoms with Crippen molar-refractivity contribution in [2.75, 3.05) is 6.54 Å². The van der Waals surface area contributed by atoms with Crippen molar-refractivity contribution in [1.82, 2.24) is 5.32 Å². The maximum absolute atomic E-state index is 5.77. The Morgan fingerprint density at radius 3 is 2.47 bits per heavy atom. The van der Waals surface area contributed by atoms with Crippen molar-refractivity contribution < 1.29 is 4.74 Å². The van der Waals surface area contributed by atoms with Crippen molar-refractivity contribution in [3.05, 3.63) is 60.2 Å². The van der Waals surface area contributed by atoms with E-state index in [9.17, 15) is 0 Å². The van der Waals surface area contributed by atoms with Crippen LogP contribution in [0.25, 0.3) is 0 Å². The molecule has 0 saturated carbocycles. The summed E-state index contributed by atoms with van der Waals surface area (Å²) in [4.78, 5) is 0. The van der Waals surface area contributed by atoms with Crippen molar-refractivity contribution in [3.8, 4) is 11.5 Å². The summed E-state index contributed by atoms with van der Waals surface area (Å²) in [6.45, 7) is 3.95. The third kappa shape index (κ3) is 3.61. The van der Waals surface area contributed by atoms with Crippen LogP contribution in [0.2, 0.25) is 0 Å². The van der Waals surface area contributed by atoms with E-state index in [0.29, 0.717) is 0 Å². The zero-order chi connectivity index (χ0) is 11.9. The molecule has 0 fully saturated rings. The molecule has 0 aliphatic rings. The summed E-state index contributed by atoms with van der Waals surface area (Å²) >= 11 is 0. The molecule has 2 nitrogen and oxygen atoms in total. The van der Waals surface area contributed by atoms with Crippen LogP contribution in [0.4, 0.5) is 0 Å². The largest absolute Gasteiger partial charge is 0.457 e. The number of rotatable bonds is 5. The fraction of sp³-hybridized carbons (Fsp3) is 0.200. The first kappa shape index (κ1) is 11.7. The molecule has 0 aromatic heterocycles. The van der Waals surface area contributed by atoms with E-state index >= 15 is 0 Å². The summed E-state index contributed by atoms with van der Waals surface area (Å²) in [5.74, 6) is 1.75. The zero-order valence-corrected chi connectivity index (χ0v) is 10.0. The fourth-order valence-corrected chi connectivity index (χ4v) is 1.61. The Morgan fingerprint density at radius 2 is 1.71 bits per heavy atom. The van der Waals surface area contributed by atoms with Gasteiger partial charge in [0.15, 0.2) is 0 Å². The second-order valence-corrected chi connectivity index (χ2v) is 3.84. The van der Waals surface area contributed by atoms with Crippen molar-refractivity contribution in [3.63, 3.8) is 0 Å². The molecular weight excluding hydrogens is 210 g/mol. The van der Waals surface area contributed by atoms with Gasteiger partial charge in [-0.2, -0.15) is 0 Å². The first-order valence-corrected chi connectivity index (χ1v) is 5.91. The van der Waals surface area contributed by atoms with Crippen LogP contribution >= 0.6 is 0 Å². The Balaban J connectivity index is 2.06. The molecule has 0 aliphatic carbocycles. The minimum absolute atomic E-state index is 0.869. The van der Waals surface area contributed by atoms with Gasteiger partial charge < -0.3 is 10.1 Å². The predicted octanol–water partition coefficient (Wildman–Crippen LogP) is 3.59. The summed E-state index contributed by atoms with van der Waals surface area (Å²) in [7, 11) is 0. The average molecular weight is 227 g/mol. The highest BCUT2D eigenvalue weighted by Crippen LogP contribution is 2.21. The Labute approximate surface area is 102 Å². The Hall–Kier alpha value is -1.80. The maximum Gasteiger partial charge on any atom is 0.127 e. The van der Waals surface area contributed by atoms with Gasteiger partial charge in [-0.1, -0.05) is 37.3 Å². The number of para-hydroxylation sites is 1. The minimum Gasteiger partial charge on any atom is -0.457 e. The third-order valence-corrected chi connectivity index (χ3v) is 2.46. The van der Waals surface area contributed by atoms with Crippen molar-refractivity contribution >= 4 is 0 Å². The number of benzene rings is 2. The highest BCUT2D eigenvalue weighted by atomic mass is 16.5. The SMILES string of the molecule is CCNCc1cccc(Oc2ccccc2)c1. The standard InChI is InChI=1S/C15H17NO/c1-2-16-12-13-7-6-10-15(11-13)17-14-8-4-3-5-9-14/h3-11,16H,2,12H2,1H3. The Morgan fingerprint density at radius 1 is 0.941 bits per heavy atom. The van der Waals surface area contributed by atoms with E-state index in [-0.39, 0.29) is 0 Å². The zero-order valence-electron chi connectivity index (χ0n) is 10.0. The Bertz CT molecular complexity index is 453. The molecule has 2 heteroatoms. The lowest BCUT2D eigenvalue weighted by molar-refractivity contribution is 0.481. The molecule has 2 aromatic carbocycles. The highest BCUT2D eigenvalue weighted by molar-refractivity contribution is 5.33. The molecule has 0 amide bonds. The lowest BCUT2D eigenvalue weighted by Gasteiger charge is -2.07. The normalized spacial score (nSPS) is 10.2. The van der Waals surface area contributed by atoms with Crippen molar-refractivity contribution in [2.45, 2.75) is 13.5 Å². The first-order chi connectivity index (χ1) is 8.38. The first-order valence-electron chi connectivity index (χ1n) is 5.91. The van der Waals surface area contributed by atoms with E-state index in [0.717, 1.165) is 24.6 Å². The van der Waals surface area contributed by atoms with Gasteiger partial charge in [0.1, 0.15) is 11.5 Å². The van der Waals surface area contributed by atoms with Crippen LogP contribution in [0.5, 0.6) is 11.5 Å². The molecule has 0 atom stereocenters. The van der Waals surface area contributed by atoms with Crippen LogP contribution in [0, 0.1) is 0 Å². The van der Waals surface area contributed by atoms with Gasteiger partial charge in [-0.05, 0) is 36.4 Å². The molecule has 17 heavy (non-hydrogen) atoms. The molecular formula is C15H17NO. The predicted molar refractivity (Wildman–Crippen MR) is 70.3 cm³/mol. The van der Waals surface area contributed by atoms with E-state index < -0.39 is 0 Å². The fourth-order valence-electron chi connectivity index (χ4n) is 1.61. The lowest BCUT2D eigenvalue weighted by Crippen LogP contribution is -2.11. The molecule has 0 bridgehead atoms. The van der Waals surface area contributed by atoms with Crippen LogP contribution in [-0.2, 0) is 6.54 Å². The summed E-state index contributed by atoms with van der Waals surface area (Å²) in [6, 6.07) is 18.0. The van der Waals surface area contributed by atoms with Gasteiger partial charge in [0.2, 0.25) is 0 Å². The van der Waals surface area contributed by atoms with Gasteiger partial charge in [-0.15, -0.1) is 0 Å². The van der Waals surface area contributed by atoms with Crippen molar-refractivity contribution in [2.24, 2.45) is 0 Å². The van der Waals surface area contributed by atoms with Gasteiger partial charge in [0.25, 0.3) is 0 Å². The minimum atomic E-state index is 0.869. The molecule has 2 rings (SSSR count). The average Bonchev–Trinajstić information content (AvgIpc) is 2.38. The lowest BCUT2D eigenvalue weighted by atomic mass is 10.2. The summed E-state index contributed by atoms with van der Waals surface area (Å²) in [5, 5.41) is 3.30. The third-order valence-electron chi connectivity index (χ3n) is 2.46. The molecule has 0 aliphatic heterocycles. The number of ether oxygens (including phenoxy) is 1. The van der Waals surface area contributed by atoms with E-state index in [4.69, 9.17) is 4.74 Å². The van der Waals surface area contributed by atoms with E-state index in [1.54, 1.807) is 0 Å². The van der Waals surface area contributed by atoms with Crippen LogP contribution in [0.15, 0.2) is 54.6 Å². The molecule has 0 spiro atoms. The second kappa shape index (κ2) is 6.06. The molecule has 0 saturated heterocycles. The van der Waals surface area contributed by atoms with Crippen LogP contribution in [-0.4, -0.2) is 6.54 Å². The molecule has 0 radical (unpaired) electrons. The van der Waals surface area contributed by atoms with Gasteiger partial charge in [-0.25, -0.2) is 0 Å².